The summed E-state index contributed by atoms with van der Waals surface area (Å²) in [6.45, 7) is 6.44. The summed E-state index contributed by atoms with van der Waals surface area (Å²) in [5, 5.41) is 4.07. The highest BCUT2D eigenvalue weighted by molar-refractivity contribution is 5.82. The van der Waals surface area contributed by atoms with Gasteiger partial charge in [-0.1, -0.05) is 20.8 Å². The van der Waals surface area contributed by atoms with Crippen molar-refractivity contribution in [2.45, 2.75) is 33.4 Å². The molecule has 1 amide bonds. The van der Waals surface area contributed by atoms with Crippen LogP contribution >= 0.6 is 0 Å². The van der Waals surface area contributed by atoms with Crippen LogP contribution in [0, 0.1) is 5.41 Å². The zero-order valence-corrected chi connectivity index (χ0v) is 11.3. The lowest BCUT2D eigenvalue weighted by atomic mass is 9.86. The molecule has 0 radical (unpaired) electrons. The van der Waals surface area contributed by atoms with Gasteiger partial charge in [0.2, 0.25) is 5.91 Å². The van der Waals surface area contributed by atoms with Gasteiger partial charge in [0.25, 0.3) is 0 Å². The van der Waals surface area contributed by atoms with E-state index in [4.69, 9.17) is 5.73 Å². The zero-order valence-electron chi connectivity index (χ0n) is 11.3. The van der Waals surface area contributed by atoms with Gasteiger partial charge in [0, 0.05) is 32.4 Å². The van der Waals surface area contributed by atoms with Crippen LogP contribution in [0.25, 0.3) is 0 Å². The van der Waals surface area contributed by atoms with Crippen LogP contribution in [0.2, 0.25) is 0 Å². The summed E-state index contributed by atoms with van der Waals surface area (Å²) in [4.78, 5) is 13.7. The maximum absolute atomic E-state index is 12.1. The predicted molar refractivity (Wildman–Crippen MR) is 67.1 cm³/mol. The number of aryl methyl sites for hydroxylation is 1. The van der Waals surface area contributed by atoms with Crippen molar-refractivity contribution in [1.82, 2.24) is 14.7 Å². The second-order valence-corrected chi connectivity index (χ2v) is 5.56. The van der Waals surface area contributed by atoms with E-state index in [0.717, 1.165) is 5.56 Å². The molecule has 1 rings (SSSR count). The molecule has 17 heavy (non-hydrogen) atoms. The first kappa shape index (κ1) is 13.7. The van der Waals surface area contributed by atoms with Crippen LogP contribution in [0.3, 0.4) is 0 Å². The Hall–Kier alpha value is -1.36. The van der Waals surface area contributed by atoms with Crippen LogP contribution in [-0.4, -0.2) is 33.7 Å². The van der Waals surface area contributed by atoms with Crippen molar-refractivity contribution in [2.24, 2.45) is 18.2 Å². The number of hydrogen-bond donors (Lipinski definition) is 1. The molecular formula is C12H22N4O. The molecule has 0 aromatic carbocycles. The van der Waals surface area contributed by atoms with Crippen molar-refractivity contribution in [1.29, 1.82) is 0 Å². The van der Waals surface area contributed by atoms with Crippen molar-refractivity contribution >= 4 is 5.91 Å². The topological polar surface area (TPSA) is 64.2 Å². The number of rotatable bonds is 3. The van der Waals surface area contributed by atoms with Gasteiger partial charge in [-0.2, -0.15) is 5.10 Å². The van der Waals surface area contributed by atoms with Crippen LogP contribution < -0.4 is 5.73 Å². The molecule has 0 saturated heterocycles. The van der Waals surface area contributed by atoms with Gasteiger partial charge in [-0.15, -0.1) is 0 Å². The van der Waals surface area contributed by atoms with Crippen LogP contribution in [0.5, 0.6) is 0 Å². The van der Waals surface area contributed by atoms with E-state index in [9.17, 15) is 4.79 Å². The van der Waals surface area contributed by atoms with Gasteiger partial charge in [-0.25, -0.2) is 0 Å². The fraction of sp³-hybridized carbons (Fsp3) is 0.667. The molecule has 0 aliphatic rings. The maximum atomic E-state index is 12.1. The number of amides is 1. The highest BCUT2D eigenvalue weighted by Gasteiger charge is 2.29. The molecular weight excluding hydrogens is 216 g/mol. The first-order valence-electron chi connectivity index (χ1n) is 5.70. The molecule has 0 unspecified atom stereocenters. The second-order valence-electron chi connectivity index (χ2n) is 5.56. The van der Waals surface area contributed by atoms with E-state index in [-0.39, 0.29) is 11.3 Å². The van der Waals surface area contributed by atoms with Crippen LogP contribution in [0.1, 0.15) is 26.3 Å². The molecule has 1 aromatic rings. The highest BCUT2D eigenvalue weighted by Crippen LogP contribution is 2.19. The third-order valence-electron chi connectivity index (χ3n) is 2.75. The van der Waals surface area contributed by atoms with Crippen LogP contribution in [-0.2, 0) is 18.4 Å². The lowest BCUT2D eigenvalue weighted by Gasteiger charge is -2.29. The molecule has 96 valence electrons. The van der Waals surface area contributed by atoms with Gasteiger partial charge < -0.3 is 10.6 Å². The quantitative estimate of drug-likeness (QED) is 0.845. The maximum Gasteiger partial charge on any atom is 0.240 e. The largest absolute Gasteiger partial charge is 0.340 e. The summed E-state index contributed by atoms with van der Waals surface area (Å²) >= 11 is 0. The van der Waals surface area contributed by atoms with E-state index in [1.165, 1.54) is 0 Å². The van der Waals surface area contributed by atoms with Crippen molar-refractivity contribution in [3.63, 3.8) is 0 Å². The Kier molecular flexibility index (Phi) is 3.93. The number of hydrogen-bond acceptors (Lipinski definition) is 3. The number of carbonyl (C=O) groups is 1. The number of nitrogens with two attached hydrogens (primary N) is 1. The summed E-state index contributed by atoms with van der Waals surface area (Å²) < 4.78 is 1.72. The Labute approximate surface area is 103 Å². The third-order valence-corrected chi connectivity index (χ3v) is 2.75. The van der Waals surface area contributed by atoms with E-state index in [1.807, 2.05) is 34.0 Å². The zero-order chi connectivity index (χ0) is 13.2. The van der Waals surface area contributed by atoms with Gasteiger partial charge >= 0.3 is 0 Å². The molecule has 1 heterocycles. The number of carbonyl (C=O) groups excluding carboxylic acids is 1. The van der Waals surface area contributed by atoms with Crippen molar-refractivity contribution in [2.75, 3.05) is 7.05 Å². The Bertz CT molecular complexity index is 391. The number of nitrogens with zero attached hydrogens (tertiary/aromatic N) is 3. The van der Waals surface area contributed by atoms with E-state index >= 15 is 0 Å². The smallest absolute Gasteiger partial charge is 0.240 e. The van der Waals surface area contributed by atoms with Crippen molar-refractivity contribution in [3.8, 4) is 0 Å². The molecule has 0 bridgehead atoms. The Balaban J connectivity index is 2.65. The Morgan fingerprint density at radius 1 is 1.59 bits per heavy atom. The standard InChI is InChI=1S/C12H22N4O/c1-12(2,3)10(13)11(17)15(4)7-9-6-14-16(5)8-9/h6,8,10H,7,13H2,1-5H3/t10-/m0/s1. The molecule has 5 nitrogen and oxygen atoms in total. The molecule has 2 N–H and O–H groups in total. The normalized spacial score (nSPS) is 13.5. The highest BCUT2D eigenvalue weighted by atomic mass is 16.2. The van der Waals surface area contributed by atoms with E-state index in [1.54, 1.807) is 22.8 Å². The minimum Gasteiger partial charge on any atom is -0.340 e. The summed E-state index contributed by atoms with van der Waals surface area (Å²) in [5.41, 5.74) is 6.72. The lowest BCUT2D eigenvalue weighted by molar-refractivity contribution is -0.134. The lowest BCUT2D eigenvalue weighted by Crippen LogP contribution is -2.48. The molecule has 1 aromatic heterocycles. The van der Waals surface area contributed by atoms with E-state index in [0.29, 0.717) is 6.54 Å². The van der Waals surface area contributed by atoms with Gasteiger partial charge in [0.1, 0.15) is 0 Å². The van der Waals surface area contributed by atoms with Crippen LogP contribution in [0.15, 0.2) is 12.4 Å². The van der Waals surface area contributed by atoms with Crippen molar-refractivity contribution < 1.29 is 4.79 Å². The van der Waals surface area contributed by atoms with Gasteiger partial charge in [-0.3, -0.25) is 9.48 Å². The average molecular weight is 238 g/mol. The number of aromatic nitrogens is 2. The van der Waals surface area contributed by atoms with Crippen molar-refractivity contribution in [3.05, 3.63) is 18.0 Å². The number of likely N-dealkylation sites (N-methyl/N-ethyl adjacent to an activating group) is 1. The Morgan fingerprint density at radius 2 is 2.18 bits per heavy atom. The second kappa shape index (κ2) is 4.87. The molecule has 1 atom stereocenters. The van der Waals surface area contributed by atoms with E-state index in [2.05, 4.69) is 5.10 Å². The van der Waals surface area contributed by atoms with Gasteiger partial charge in [-0.05, 0) is 5.41 Å². The minimum atomic E-state index is -0.482. The van der Waals surface area contributed by atoms with Gasteiger partial charge in [0.15, 0.2) is 0 Å². The molecule has 5 heteroatoms. The molecule has 0 aliphatic heterocycles. The molecule has 0 saturated carbocycles. The summed E-state index contributed by atoms with van der Waals surface area (Å²) in [6, 6.07) is -0.482. The summed E-state index contributed by atoms with van der Waals surface area (Å²) in [6.07, 6.45) is 3.65. The van der Waals surface area contributed by atoms with Crippen LogP contribution in [0.4, 0.5) is 0 Å². The fourth-order valence-corrected chi connectivity index (χ4v) is 1.51. The molecule has 0 fully saturated rings. The van der Waals surface area contributed by atoms with E-state index < -0.39 is 6.04 Å². The fourth-order valence-electron chi connectivity index (χ4n) is 1.51. The summed E-state index contributed by atoms with van der Waals surface area (Å²) in [5.74, 6) is -0.0404. The van der Waals surface area contributed by atoms with Gasteiger partial charge in [0.05, 0.1) is 12.2 Å². The third kappa shape index (κ3) is 3.56. The molecule has 0 spiro atoms. The SMILES string of the molecule is CN(Cc1cnn(C)c1)C(=O)[C@H](N)C(C)(C)C. The Morgan fingerprint density at radius 3 is 2.59 bits per heavy atom. The molecule has 0 aliphatic carbocycles. The minimum absolute atomic E-state index is 0.0404. The first-order chi connectivity index (χ1) is 7.71. The monoisotopic (exact) mass is 238 g/mol. The first-order valence-corrected chi connectivity index (χ1v) is 5.70. The average Bonchev–Trinajstić information content (AvgIpc) is 2.60. The predicted octanol–water partition coefficient (Wildman–Crippen LogP) is 0.752. The summed E-state index contributed by atoms with van der Waals surface area (Å²) in [7, 11) is 3.62.